The number of carbonyl (C=O) groups excluding carboxylic acids is 1. The summed E-state index contributed by atoms with van der Waals surface area (Å²) in [4.78, 5) is 11.9. The Labute approximate surface area is 139 Å². The molecular formula is C19H28N2O2. The zero-order chi connectivity index (χ0) is 16.3. The maximum Gasteiger partial charge on any atom is 0.239 e. The third kappa shape index (κ3) is 6.76. The molecule has 0 saturated heterocycles. The van der Waals surface area contributed by atoms with E-state index in [0.717, 1.165) is 30.8 Å². The number of hydrogen-bond acceptors (Lipinski definition) is 3. The van der Waals surface area contributed by atoms with Crippen molar-refractivity contribution in [3.63, 3.8) is 0 Å². The molecule has 0 radical (unpaired) electrons. The molecule has 2 N–H and O–H groups in total. The summed E-state index contributed by atoms with van der Waals surface area (Å²) in [6, 6.07) is 7.73. The highest BCUT2D eigenvalue weighted by Crippen LogP contribution is 2.19. The summed E-state index contributed by atoms with van der Waals surface area (Å²) in [5.41, 5.74) is 2.40. The molecule has 1 aliphatic carbocycles. The summed E-state index contributed by atoms with van der Waals surface area (Å²) >= 11 is 0. The molecule has 0 bridgehead atoms. The average Bonchev–Trinajstić information content (AvgIpc) is 2.59. The molecule has 0 spiro atoms. The molecule has 0 unspecified atom stereocenters. The summed E-state index contributed by atoms with van der Waals surface area (Å²) in [6.45, 7) is 3.80. The van der Waals surface area contributed by atoms with E-state index < -0.39 is 0 Å². The van der Waals surface area contributed by atoms with E-state index in [-0.39, 0.29) is 12.5 Å². The zero-order valence-corrected chi connectivity index (χ0v) is 14.1. The number of nitrogens with one attached hydrogen (secondary N) is 2. The number of rotatable bonds is 9. The van der Waals surface area contributed by atoms with Gasteiger partial charge in [0.2, 0.25) is 5.91 Å². The standard InChI is InChI=1S/C19H28N2O2/c1-2-13-23-18-10-6-9-17(14-18)21-15-19(22)20-12-11-16-7-4-3-5-8-16/h6-7,9-10,14,21H,2-5,8,11-13,15H2,1H3,(H,20,22). The van der Waals surface area contributed by atoms with Gasteiger partial charge in [0.25, 0.3) is 0 Å². The molecule has 2 rings (SSSR count). The van der Waals surface area contributed by atoms with E-state index in [1.165, 1.54) is 31.3 Å². The van der Waals surface area contributed by atoms with Crippen LogP contribution in [-0.2, 0) is 4.79 Å². The second kappa shape index (κ2) is 9.93. The maximum absolute atomic E-state index is 11.9. The fourth-order valence-electron chi connectivity index (χ4n) is 2.65. The number of anilines is 1. The van der Waals surface area contributed by atoms with Crippen LogP contribution in [0, 0.1) is 0 Å². The third-order valence-electron chi connectivity index (χ3n) is 3.91. The molecule has 1 aromatic carbocycles. The van der Waals surface area contributed by atoms with E-state index in [9.17, 15) is 4.79 Å². The van der Waals surface area contributed by atoms with Crippen LogP contribution in [-0.4, -0.2) is 25.6 Å². The van der Waals surface area contributed by atoms with Gasteiger partial charge in [-0.25, -0.2) is 0 Å². The number of ether oxygens (including phenoxy) is 1. The Morgan fingerprint density at radius 3 is 3.00 bits per heavy atom. The van der Waals surface area contributed by atoms with Crippen LogP contribution >= 0.6 is 0 Å². The Kier molecular flexibility index (Phi) is 7.50. The van der Waals surface area contributed by atoms with Gasteiger partial charge in [0.05, 0.1) is 13.2 Å². The van der Waals surface area contributed by atoms with E-state index in [1.807, 2.05) is 24.3 Å². The lowest BCUT2D eigenvalue weighted by Gasteiger charge is -2.13. The Morgan fingerprint density at radius 1 is 1.30 bits per heavy atom. The van der Waals surface area contributed by atoms with Crippen LogP contribution < -0.4 is 15.4 Å². The molecule has 0 saturated carbocycles. The molecule has 1 amide bonds. The summed E-state index contributed by atoms with van der Waals surface area (Å²) < 4.78 is 5.59. The van der Waals surface area contributed by atoms with Crippen molar-refractivity contribution in [2.24, 2.45) is 0 Å². The molecule has 4 heteroatoms. The molecule has 23 heavy (non-hydrogen) atoms. The topological polar surface area (TPSA) is 50.4 Å². The van der Waals surface area contributed by atoms with E-state index in [2.05, 4.69) is 23.6 Å². The first kappa shape index (κ1) is 17.4. The van der Waals surface area contributed by atoms with Crippen LogP contribution in [0.4, 0.5) is 5.69 Å². The van der Waals surface area contributed by atoms with Gasteiger partial charge in [-0.15, -0.1) is 0 Å². The van der Waals surface area contributed by atoms with Gasteiger partial charge in [-0.05, 0) is 50.7 Å². The average molecular weight is 316 g/mol. The van der Waals surface area contributed by atoms with Crippen LogP contribution in [0.25, 0.3) is 0 Å². The predicted octanol–water partition coefficient (Wildman–Crippen LogP) is 3.89. The van der Waals surface area contributed by atoms with Crippen molar-refractivity contribution in [3.05, 3.63) is 35.9 Å². The van der Waals surface area contributed by atoms with E-state index in [1.54, 1.807) is 0 Å². The highest BCUT2D eigenvalue weighted by Gasteiger charge is 2.05. The van der Waals surface area contributed by atoms with Gasteiger partial charge in [-0.3, -0.25) is 4.79 Å². The van der Waals surface area contributed by atoms with Crippen LogP contribution in [0.5, 0.6) is 5.75 Å². The predicted molar refractivity (Wildman–Crippen MR) is 94.9 cm³/mol. The van der Waals surface area contributed by atoms with Crippen molar-refractivity contribution in [2.45, 2.75) is 45.4 Å². The molecule has 0 fully saturated rings. The fraction of sp³-hybridized carbons (Fsp3) is 0.526. The van der Waals surface area contributed by atoms with Crippen molar-refractivity contribution >= 4 is 11.6 Å². The number of benzene rings is 1. The maximum atomic E-state index is 11.9. The van der Waals surface area contributed by atoms with Crippen molar-refractivity contribution in [2.75, 3.05) is 25.0 Å². The number of carbonyl (C=O) groups is 1. The molecule has 1 aromatic rings. The van der Waals surface area contributed by atoms with Crippen LogP contribution in [0.1, 0.15) is 45.4 Å². The minimum Gasteiger partial charge on any atom is -0.494 e. The van der Waals surface area contributed by atoms with Gasteiger partial charge in [-0.2, -0.15) is 0 Å². The van der Waals surface area contributed by atoms with Crippen molar-refractivity contribution in [1.82, 2.24) is 5.32 Å². The largest absolute Gasteiger partial charge is 0.494 e. The SMILES string of the molecule is CCCOc1cccc(NCC(=O)NCCC2=CCCCC2)c1. The van der Waals surface area contributed by atoms with Gasteiger partial charge in [0.1, 0.15) is 5.75 Å². The van der Waals surface area contributed by atoms with E-state index in [4.69, 9.17) is 4.74 Å². The summed E-state index contributed by atoms with van der Waals surface area (Å²) in [7, 11) is 0. The molecule has 126 valence electrons. The first-order valence-electron chi connectivity index (χ1n) is 8.69. The van der Waals surface area contributed by atoms with Gasteiger partial charge in [0, 0.05) is 18.3 Å². The minimum atomic E-state index is 0.0290. The Bertz CT molecular complexity index is 526. The van der Waals surface area contributed by atoms with Crippen LogP contribution in [0.3, 0.4) is 0 Å². The molecule has 0 aliphatic heterocycles. The highest BCUT2D eigenvalue weighted by atomic mass is 16.5. The van der Waals surface area contributed by atoms with Gasteiger partial charge in [-0.1, -0.05) is 24.6 Å². The molecule has 4 nitrogen and oxygen atoms in total. The molecule has 0 atom stereocenters. The number of hydrogen-bond donors (Lipinski definition) is 2. The van der Waals surface area contributed by atoms with E-state index >= 15 is 0 Å². The lowest BCUT2D eigenvalue weighted by atomic mass is 9.97. The molecular weight excluding hydrogens is 288 g/mol. The van der Waals surface area contributed by atoms with E-state index in [0.29, 0.717) is 6.61 Å². The molecule has 1 aliphatic rings. The normalized spacial score (nSPS) is 14.0. The number of amides is 1. The Hall–Kier alpha value is -1.97. The first-order valence-corrected chi connectivity index (χ1v) is 8.69. The second-order valence-electron chi connectivity index (χ2n) is 5.94. The molecule has 0 heterocycles. The Morgan fingerprint density at radius 2 is 2.22 bits per heavy atom. The van der Waals surface area contributed by atoms with Gasteiger partial charge < -0.3 is 15.4 Å². The highest BCUT2D eigenvalue weighted by molar-refractivity contribution is 5.80. The van der Waals surface area contributed by atoms with Crippen molar-refractivity contribution in [3.8, 4) is 5.75 Å². The van der Waals surface area contributed by atoms with Gasteiger partial charge in [0.15, 0.2) is 0 Å². The monoisotopic (exact) mass is 316 g/mol. The summed E-state index contributed by atoms with van der Waals surface area (Å²) in [5, 5.41) is 6.12. The fourth-order valence-corrected chi connectivity index (χ4v) is 2.65. The zero-order valence-electron chi connectivity index (χ0n) is 14.1. The van der Waals surface area contributed by atoms with Gasteiger partial charge >= 0.3 is 0 Å². The molecule has 0 aromatic heterocycles. The first-order chi connectivity index (χ1) is 11.3. The smallest absolute Gasteiger partial charge is 0.239 e. The second-order valence-corrected chi connectivity index (χ2v) is 5.94. The quantitative estimate of drug-likeness (QED) is 0.679. The minimum absolute atomic E-state index is 0.0290. The van der Waals surface area contributed by atoms with Crippen molar-refractivity contribution < 1.29 is 9.53 Å². The third-order valence-corrected chi connectivity index (χ3v) is 3.91. The Balaban J connectivity index is 1.66. The van der Waals surface area contributed by atoms with Crippen LogP contribution in [0.15, 0.2) is 35.9 Å². The lowest BCUT2D eigenvalue weighted by molar-refractivity contribution is -0.119. The summed E-state index contributed by atoms with van der Waals surface area (Å²) in [6.07, 6.45) is 9.27. The summed E-state index contributed by atoms with van der Waals surface area (Å²) in [5.74, 6) is 0.864. The number of allylic oxidation sites excluding steroid dienone is 1. The van der Waals surface area contributed by atoms with Crippen LogP contribution in [0.2, 0.25) is 0 Å². The lowest BCUT2D eigenvalue weighted by Crippen LogP contribution is -2.30. The van der Waals surface area contributed by atoms with Crippen molar-refractivity contribution in [1.29, 1.82) is 0 Å².